The molecule has 24 heavy (non-hydrogen) atoms. The molecule has 1 N–H and O–H groups in total. The lowest BCUT2D eigenvalue weighted by molar-refractivity contribution is -0.115. The number of para-hydroxylation sites is 1. The monoisotopic (exact) mass is 361 g/mol. The fourth-order valence-corrected chi connectivity index (χ4v) is 4.31. The van der Waals surface area contributed by atoms with Crippen LogP contribution in [-0.4, -0.2) is 28.8 Å². The molecule has 6 nitrogen and oxygen atoms in total. The number of amides is 1. The van der Waals surface area contributed by atoms with E-state index in [2.05, 4.69) is 14.1 Å². The molecule has 0 spiro atoms. The van der Waals surface area contributed by atoms with Gasteiger partial charge in [0.15, 0.2) is 9.84 Å². The molecule has 0 aliphatic heterocycles. The summed E-state index contributed by atoms with van der Waals surface area (Å²) in [7, 11) is -3.61. The van der Waals surface area contributed by atoms with Crippen molar-refractivity contribution in [2.75, 3.05) is 11.1 Å². The zero-order valence-electron chi connectivity index (χ0n) is 12.9. The van der Waals surface area contributed by atoms with Gasteiger partial charge in [-0.1, -0.05) is 24.3 Å². The Bertz CT molecular complexity index is 996. The summed E-state index contributed by atoms with van der Waals surface area (Å²) in [6, 6.07) is 12.2. The Morgan fingerprint density at radius 3 is 2.71 bits per heavy atom. The summed E-state index contributed by atoms with van der Waals surface area (Å²) in [6.45, 7) is 1.88. The fourth-order valence-electron chi connectivity index (χ4n) is 2.30. The second kappa shape index (κ2) is 6.66. The van der Waals surface area contributed by atoms with Crippen molar-refractivity contribution >= 4 is 44.2 Å². The lowest BCUT2D eigenvalue weighted by Gasteiger charge is -2.08. The van der Waals surface area contributed by atoms with Crippen LogP contribution in [0.4, 0.5) is 5.69 Å². The van der Waals surface area contributed by atoms with Crippen molar-refractivity contribution in [1.82, 2.24) is 8.75 Å². The maximum absolute atomic E-state index is 12.5. The molecule has 3 rings (SSSR count). The van der Waals surface area contributed by atoms with E-state index < -0.39 is 9.84 Å². The number of sulfone groups is 1. The van der Waals surface area contributed by atoms with Crippen molar-refractivity contribution in [2.45, 2.75) is 18.2 Å². The molecule has 0 fully saturated rings. The first-order valence-electron chi connectivity index (χ1n) is 7.27. The molecular weight excluding hydrogens is 346 g/mol. The summed E-state index contributed by atoms with van der Waals surface area (Å²) in [5.74, 6) is -0.613. The predicted octanol–water partition coefficient (Wildman–Crippen LogP) is 2.80. The van der Waals surface area contributed by atoms with Crippen LogP contribution in [0.25, 0.3) is 11.0 Å². The summed E-state index contributed by atoms with van der Waals surface area (Å²) in [5, 5.41) is 2.74. The van der Waals surface area contributed by atoms with E-state index in [0.29, 0.717) is 16.7 Å². The van der Waals surface area contributed by atoms with Crippen LogP contribution in [-0.2, 0) is 14.6 Å². The molecule has 124 valence electrons. The van der Waals surface area contributed by atoms with Gasteiger partial charge in [0.2, 0.25) is 5.91 Å². The van der Waals surface area contributed by atoms with Crippen molar-refractivity contribution < 1.29 is 13.2 Å². The van der Waals surface area contributed by atoms with E-state index in [1.54, 1.807) is 18.2 Å². The van der Waals surface area contributed by atoms with Gasteiger partial charge < -0.3 is 5.32 Å². The van der Waals surface area contributed by atoms with Gasteiger partial charge in [-0.25, -0.2) is 8.42 Å². The maximum atomic E-state index is 12.5. The molecule has 1 heterocycles. The second-order valence-corrected chi connectivity index (χ2v) is 7.93. The Hall–Kier alpha value is -2.32. The molecule has 0 bridgehead atoms. The molecular formula is C16H15N3O3S2. The molecule has 0 unspecified atom stereocenters. The SMILES string of the molecule is Cc1ccccc1NC(=O)CCS(=O)(=O)c1cccc2nsnc12. The number of nitrogens with zero attached hydrogens (tertiary/aromatic N) is 2. The highest BCUT2D eigenvalue weighted by Gasteiger charge is 2.21. The van der Waals surface area contributed by atoms with E-state index in [1.807, 2.05) is 25.1 Å². The van der Waals surface area contributed by atoms with Gasteiger partial charge >= 0.3 is 0 Å². The maximum Gasteiger partial charge on any atom is 0.225 e. The van der Waals surface area contributed by atoms with Crippen LogP contribution in [0.5, 0.6) is 0 Å². The number of carbonyl (C=O) groups is 1. The zero-order chi connectivity index (χ0) is 17.2. The molecule has 0 saturated heterocycles. The highest BCUT2D eigenvalue weighted by Crippen LogP contribution is 2.22. The van der Waals surface area contributed by atoms with E-state index in [1.165, 1.54) is 6.07 Å². The summed E-state index contributed by atoms with van der Waals surface area (Å²) in [6.07, 6.45) is -0.120. The first-order valence-corrected chi connectivity index (χ1v) is 9.65. The van der Waals surface area contributed by atoms with Crippen LogP contribution in [0, 0.1) is 6.92 Å². The highest BCUT2D eigenvalue weighted by molar-refractivity contribution is 7.91. The normalized spacial score (nSPS) is 11.5. The zero-order valence-corrected chi connectivity index (χ0v) is 14.5. The quantitative estimate of drug-likeness (QED) is 0.755. The van der Waals surface area contributed by atoms with Crippen LogP contribution in [0.2, 0.25) is 0 Å². The number of aromatic nitrogens is 2. The van der Waals surface area contributed by atoms with E-state index >= 15 is 0 Å². The molecule has 2 aromatic carbocycles. The largest absolute Gasteiger partial charge is 0.326 e. The van der Waals surface area contributed by atoms with Crippen molar-refractivity contribution in [3.8, 4) is 0 Å². The highest BCUT2D eigenvalue weighted by atomic mass is 32.2. The minimum Gasteiger partial charge on any atom is -0.326 e. The first-order chi connectivity index (χ1) is 11.5. The van der Waals surface area contributed by atoms with Crippen molar-refractivity contribution in [2.24, 2.45) is 0 Å². The van der Waals surface area contributed by atoms with Crippen LogP contribution < -0.4 is 5.32 Å². The number of fused-ring (bicyclic) bond motifs is 1. The number of benzene rings is 2. The lowest BCUT2D eigenvalue weighted by atomic mass is 10.2. The molecule has 0 atom stereocenters. The van der Waals surface area contributed by atoms with E-state index in [0.717, 1.165) is 17.3 Å². The summed E-state index contributed by atoms with van der Waals surface area (Å²) >= 11 is 0.967. The standard InChI is InChI=1S/C16H15N3O3S2/c1-11-5-2-3-6-12(11)17-15(20)9-10-24(21,22)14-8-4-7-13-16(14)19-23-18-13/h2-8H,9-10H2,1H3,(H,17,20). The number of carbonyl (C=O) groups excluding carboxylic acids is 1. The van der Waals surface area contributed by atoms with Gasteiger partial charge in [0.25, 0.3) is 0 Å². The molecule has 0 aliphatic carbocycles. The van der Waals surface area contributed by atoms with Gasteiger partial charge in [-0.05, 0) is 30.7 Å². The second-order valence-electron chi connectivity index (χ2n) is 5.32. The molecule has 1 amide bonds. The number of aryl methyl sites for hydroxylation is 1. The third kappa shape index (κ3) is 3.44. The van der Waals surface area contributed by atoms with Gasteiger partial charge in [-0.2, -0.15) is 8.75 Å². The van der Waals surface area contributed by atoms with Gasteiger partial charge in [0.1, 0.15) is 11.0 Å². The summed E-state index contributed by atoms with van der Waals surface area (Å²) < 4.78 is 33.1. The number of rotatable bonds is 5. The number of anilines is 1. The lowest BCUT2D eigenvalue weighted by Crippen LogP contribution is -2.18. The van der Waals surface area contributed by atoms with Crippen LogP contribution in [0.1, 0.15) is 12.0 Å². The Balaban J connectivity index is 1.73. The van der Waals surface area contributed by atoms with E-state index in [-0.39, 0.29) is 23.0 Å². The average Bonchev–Trinajstić information content (AvgIpc) is 3.03. The summed E-state index contributed by atoms with van der Waals surface area (Å²) in [4.78, 5) is 12.2. The van der Waals surface area contributed by atoms with Crippen LogP contribution in [0.15, 0.2) is 47.4 Å². The van der Waals surface area contributed by atoms with Crippen molar-refractivity contribution in [3.05, 3.63) is 48.0 Å². The van der Waals surface area contributed by atoms with Crippen LogP contribution in [0.3, 0.4) is 0 Å². The third-order valence-corrected chi connectivity index (χ3v) is 5.88. The van der Waals surface area contributed by atoms with Crippen LogP contribution >= 0.6 is 11.7 Å². The molecule has 1 aromatic heterocycles. The minimum atomic E-state index is -3.61. The van der Waals surface area contributed by atoms with E-state index in [4.69, 9.17) is 0 Å². The van der Waals surface area contributed by atoms with Gasteiger partial charge in [0.05, 0.1) is 22.4 Å². The smallest absolute Gasteiger partial charge is 0.225 e. The van der Waals surface area contributed by atoms with Gasteiger partial charge in [-0.15, -0.1) is 0 Å². The predicted molar refractivity (Wildman–Crippen MR) is 93.9 cm³/mol. The number of hydrogen-bond acceptors (Lipinski definition) is 6. The summed E-state index contributed by atoms with van der Waals surface area (Å²) in [5.41, 5.74) is 2.52. The first kappa shape index (κ1) is 16.5. The molecule has 0 saturated carbocycles. The molecule has 8 heteroatoms. The molecule has 3 aromatic rings. The van der Waals surface area contributed by atoms with Gasteiger partial charge in [-0.3, -0.25) is 4.79 Å². The Kier molecular flexibility index (Phi) is 4.59. The van der Waals surface area contributed by atoms with E-state index in [9.17, 15) is 13.2 Å². The molecule has 0 radical (unpaired) electrons. The van der Waals surface area contributed by atoms with Crippen molar-refractivity contribution in [3.63, 3.8) is 0 Å². The molecule has 0 aliphatic rings. The number of nitrogens with one attached hydrogen (secondary N) is 1. The Morgan fingerprint density at radius 1 is 1.12 bits per heavy atom. The number of hydrogen-bond donors (Lipinski definition) is 1. The van der Waals surface area contributed by atoms with Gasteiger partial charge in [0, 0.05) is 12.1 Å². The Morgan fingerprint density at radius 2 is 1.92 bits per heavy atom. The minimum absolute atomic E-state index is 0.120. The average molecular weight is 361 g/mol. The topological polar surface area (TPSA) is 89.0 Å². The Labute approximate surface area is 143 Å². The fraction of sp³-hybridized carbons (Fsp3) is 0.188. The third-order valence-electron chi connectivity index (χ3n) is 3.60. The van der Waals surface area contributed by atoms with Crippen molar-refractivity contribution in [1.29, 1.82) is 0 Å².